The van der Waals surface area contributed by atoms with Gasteiger partial charge in [0.25, 0.3) is 5.91 Å². The summed E-state index contributed by atoms with van der Waals surface area (Å²) in [6.07, 6.45) is 6.11. The molecule has 31 heavy (non-hydrogen) atoms. The zero-order valence-electron chi connectivity index (χ0n) is 18.1. The fraction of sp³-hybridized carbons (Fsp3) is 0.360. The number of hydrogen-bond donors (Lipinski definition) is 0. The Kier molecular flexibility index (Phi) is 6.24. The Balaban J connectivity index is 1.57. The van der Waals surface area contributed by atoms with Crippen molar-refractivity contribution in [2.45, 2.75) is 26.9 Å². The minimum absolute atomic E-state index is 0.00360. The predicted octanol–water partition coefficient (Wildman–Crippen LogP) is 3.80. The molecule has 3 aromatic rings. The van der Waals surface area contributed by atoms with Gasteiger partial charge in [-0.1, -0.05) is 29.4 Å². The highest BCUT2D eigenvalue weighted by Gasteiger charge is 2.25. The number of carbonyl (C=O) groups excluding carboxylic acids is 1. The highest BCUT2D eigenvalue weighted by atomic mass is 16.5. The summed E-state index contributed by atoms with van der Waals surface area (Å²) in [6.45, 7) is 7.96. The lowest BCUT2D eigenvalue weighted by Gasteiger charge is -2.34. The number of aryl methyl sites for hydroxylation is 2. The van der Waals surface area contributed by atoms with Crippen LogP contribution in [0.2, 0.25) is 0 Å². The molecule has 6 nitrogen and oxygen atoms in total. The molecule has 0 spiro atoms. The number of carbonyl (C=O) groups is 1. The lowest BCUT2D eigenvalue weighted by Crippen LogP contribution is -2.48. The second-order valence-corrected chi connectivity index (χ2v) is 7.87. The Morgan fingerprint density at radius 2 is 1.87 bits per heavy atom. The highest BCUT2D eigenvalue weighted by molar-refractivity contribution is 6.01. The van der Waals surface area contributed by atoms with E-state index in [0.29, 0.717) is 31.0 Å². The molecule has 1 aliphatic heterocycles. The van der Waals surface area contributed by atoms with Gasteiger partial charge in [0.15, 0.2) is 0 Å². The van der Waals surface area contributed by atoms with Gasteiger partial charge in [0.2, 0.25) is 0 Å². The van der Waals surface area contributed by atoms with Crippen molar-refractivity contribution in [1.82, 2.24) is 15.0 Å². The minimum Gasteiger partial charge on any atom is -0.488 e. The first-order valence-corrected chi connectivity index (χ1v) is 10.6. The minimum atomic E-state index is -0.00360. The molecule has 1 fully saturated rings. The molecule has 0 saturated carbocycles. The summed E-state index contributed by atoms with van der Waals surface area (Å²) in [5.74, 6) is 3.99. The van der Waals surface area contributed by atoms with Gasteiger partial charge in [-0.05, 0) is 36.8 Å². The van der Waals surface area contributed by atoms with Crippen molar-refractivity contribution in [3.05, 3.63) is 59.0 Å². The summed E-state index contributed by atoms with van der Waals surface area (Å²) < 4.78 is 11.4. The van der Waals surface area contributed by atoms with Crippen LogP contribution in [-0.2, 0) is 6.61 Å². The van der Waals surface area contributed by atoms with Crippen molar-refractivity contribution in [2.24, 2.45) is 0 Å². The summed E-state index contributed by atoms with van der Waals surface area (Å²) in [7, 11) is 0. The van der Waals surface area contributed by atoms with Gasteiger partial charge in [0.1, 0.15) is 18.1 Å². The molecule has 0 bridgehead atoms. The third-order valence-electron chi connectivity index (χ3n) is 5.86. The molecule has 1 saturated heterocycles. The lowest BCUT2D eigenvalue weighted by atomic mass is 10.0. The van der Waals surface area contributed by atoms with E-state index in [1.807, 2.05) is 55.1 Å². The zero-order valence-corrected chi connectivity index (χ0v) is 18.1. The zero-order chi connectivity index (χ0) is 21.8. The van der Waals surface area contributed by atoms with Crippen LogP contribution in [-0.4, -0.2) is 53.6 Å². The summed E-state index contributed by atoms with van der Waals surface area (Å²) in [6, 6.07) is 11.9. The van der Waals surface area contributed by atoms with E-state index in [1.54, 1.807) is 0 Å². The van der Waals surface area contributed by atoms with Gasteiger partial charge in [0.05, 0.1) is 16.8 Å². The van der Waals surface area contributed by atoms with E-state index >= 15 is 0 Å². The van der Waals surface area contributed by atoms with Crippen LogP contribution >= 0.6 is 0 Å². The van der Waals surface area contributed by atoms with Crippen molar-refractivity contribution < 1.29 is 14.1 Å². The van der Waals surface area contributed by atoms with Crippen LogP contribution in [0.25, 0.3) is 10.8 Å². The van der Waals surface area contributed by atoms with E-state index in [9.17, 15) is 4.79 Å². The Bertz CT molecular complexity index is 1100. The number of ether oxygens (including phenoxy) is 1. The fourth-order valence-corrected chi connectivity index (χ4v) is 3.93. The fourth-order valence-electron chi connectivity index (χ4n) is 3.93. The molecule has 160 valence electrons. The Hall–Kier alpha value is -3.30. The molecule has 6 heteroatoms. The molecule has 2 aromatic carbocycles. The van der Waals surface area contributed by atoms with Gasteiger partial charge in [-0.25, -0.2) is 0 Å². The molecule has 0 N–H and O–H groups in total. The maximum Gasteiger partial charge on any atom is 0.257 e. The number of aromatic nitrogens is 1. The largest absolute Gasteiger partial charge is 0.488 e. The van der Waals surface area contributed by atoms with Crippen molar-refractivity contribution >= 4 is 16.7 Å². The summed E-state index contributed by atoms with van der Waals surface area (Å²) in [5.41, 5.74) is 2.30. The van der Waals surface area contributed by atoms with Crippen LogP contribution < -0.4 is 4.74 Å². The van der Waals surface area contributed by atoms with Crippen LogP contribution in [0, 0.1) is 26.2 Å². The Morgan fingerprint density at radius 3 is 2.52 bits per heavy atom. The molecular weight excluding hydrogens is 390 g/mol. The van der Waals surface area contributed by atoms with Crippen LogP contribution in [0.3, 0.4) is 0 Å². The molecule has 1 aliphatic rings. The third kappa shape index (κ3) is 4.57. The summed E-state index contributed by atoms with van der Waals surface area (Å²) in [5, 5.41) is 6.04. The number of rotatable bonds is 6. The molecule has 4 rings (SSSR count). The van der Waals surface area contributed by atoms with E-state index in [-0.39, 0.29) is 5.91 Å². The second kappa shape index (κ2) is 9.23. The Labute approximate surface area is 182 Å². The SMILES string of the molecule is C#CCCN1CCN(C(=O)c2cc3ccccc3cc2OCc2c(C)noc2C)CC1. The summed E-state index contributed by atoms with van der Waals surface area (Å²) >= 11 is 0. The number of hydrogen-bond acceptors (Lipinski definition) is 5. The molecule has 0 aliphatic carbocycles. The van der Waals surface area contributed by atoms with Crippen molar-refractivity contribution in [3.63, 3.8) is 0 Å². The number of fused-ring (bicyclic) bond motifs is 1. The smallest absolute Gasteiger partial charge is 0.257 e. The van der Waals surface area contributed by atoms with E-state index in [0.717, 1.165) is 53.8 Å². The molecular formula is C25H27N3O3. The first-order chi connectivity index (χ1) is 15.1. The quantitative estimate of drug-likeness (QED) is 0.571. The Morgan fingerprint density at radius 1 is 1.16 bits per heavy atom. The summed E-state index contributed by atoms with van der Waals surface area (Å²) in [4.78, 5) is 17.7. The molecule has 2 heterocycles. The lowest BCUT2D eigenvalue weighted by molar-refractivity contribution is 0.0635. The maximum atomic E-state index is 13.4. The topological polar surface area (TPSA) is 58.8 Å². The second-order valence-electron chi connectivity index (χ2n) is 7.87. The van der Waals surface area contributed by atoms with Crippen LogP contribution in [0.1, 0.15) is 33.8 Å². The van der Waals surface area contributed by atoms with Crippen LogP contribution in [0.5, 0.6) is 5.75 Å². The van der Waals surface area contributed by atoms with E-state index < -0.39 is 0 Å². The van der Waals surface area contributed by atoms with Crippen molar-refractivity contribution in [1.29, 1.82) is 0 Å². The molecule has 0 unspecified atom stereocenters. The van der Waals surface area contributed by atoms with E-state index in [2.05, 4.69) is 16.0 Å². The molecule has 1 aromatic heterocycles. The molecule has 0 atom stereocenters. The monoisotopic (exact) mass is 417 g/mol. The first-order valence-electron chi connectivity index (χ1n) is 10.6. The number of amides is 1. The normalized spacial score (nSPS) is 14.5. The standard InChI is InChI=1S/C25H27N3O3/c1-4-5-10-27-11-13-28(14-12-27)25(29)22-15-20-8-6-7-9-21(20)16-24(22)30-17-23-18(2)26-31-19(23)3/h1,6-9,15-16H,5,10-14,17H2,2-3H3. The first kappa shape index (κ1) is 21.0. The van der Waals surface area contributed by atoms with Gasteiger partial charge in [0, 0.05) is 39.1 Å². The van der Waals surface area contributed by atoms with Crippen LogP contribution in [0.15, 0.2) is 40.9 Å². The third-order valence-corrected chi connectivity index (χ3v) is 5.86. The van der Waals surface area contributed by atoms with Gasteiger partial charge in [-0.3, -0.25) is 9.69 Å². The highest BCUT2D eigenvalue weighted by Crippen LogP contribution is 2.29. The number of benzene rings is 2. The van der Waals surface area contributed by atoms with Gasteiger partial charge >= 0.3 is 0 Å². The molecule has 1 amide bonds. The van der Waals surface area contributed by atoms with Crippen LogP contribution in [0.4, 0.5) is 0 Å². The maximum absolute atomic E-state index is 13.4. The number of nitrogens with zero attached hydrogens (tertiary/aromatic N) is 3. The average molecular weight is 418 g/mol. The average Bonchev–Trinajstić information content (AvgIpc) is 3.12. The predicted molar refractivity (Wildman–Crippen MR) is 120 cm³/mol. The van der Waals surface area contributed by atoms with Gasteiger partial charge in [-0.15, -0.1) is 12.3 Å². The number of piperazine rings is 1. The van der Waals surface area contributed by atoms with Crippen molar-refractivity contribution in [2.75, 3.05) is 32.7 Å². The van der Waals surface area contributed by atoms with E-state index in [4.69, 9.17) is 15.7 Å². The van der Waals surface area contributed by atoms with E-state index in [1.165, 1.54) is 0 Å². The van der Waals surface area contributed by atoms with Crippen molar-refractivity contribution in [3.8, 4) is 18.1 Å². The molecule has 0 radical (unpaired) electrons. The van der Waals surface area contributed by atoms with Gasteiger partial charge < -0.3 is 14.2 Å². The van der Waals surface area contributed by atoms with Gasteiger partial charge in [-0.2, -0.15) is 0 Å². The number of terminal acetylenes is 1.